The fourth-order valence-corrected chi connectivity index (χ4v) is 2.63. The predicted molar refractivity (Wildman–Crippen MR) is 90.1 cm³/mol. The third kappa shape index (κ3) is 4.44. The number of aromatic nitrogens is 1. The fourth-order valence-electron chi connectivity index (χ4n) is 2.63. The number of nitrogens with zero attached hydrogens (tertiary/aromatic N) is 1. The Bertz CT molecular complexity index is 631. The van der Waals surface area contributed by atoms with E-state index >= 15 is 0 Å². The molecule has 1 aromatic rings. The maximum absolute atomic E-state index is 13.3. The van der Waals surface area contributed by atoms with Crippen LogP contribution in [0.3, 0.4) is 0 Å². The van der Waals surface area contributed by atoms with E-state index in [1.807, 2.05) is 6.92 Å². The van der Waals surface area contributed by atoms with Crippen molar-refractivity contribution < 1.29 is 13.6 Å². The van der Waals surface area contributed by atoms with E-state index in [9.17, 15) is 13.6 Å². The lowest BCUT2D eigenvalue weighted by Gasteiger charge is -2.30. The van der Waals surface area contributed by atoms with Crippen molar-refractivity contribution in [2.45, 2.75) is 63.5 Å². The van der Waals surface area contributed by atoms with Gasteiger partial charge in [0.05, 0.1) is 11.1 Å². The third-order valence-electron chi connectivity index (χ3n) is 4.53. The van der Waals surface area contributed by atoms with Gasteiger partial charge in [-0.1, -0.05) is 12.8 Å². The summed E-state index contributed by atoms with van der Waals surface area (Å²) < 4.78 is 26.5. The van der Waals surface area contributed by atoms with Gasteiger partial charge >= 0.3 is 0 Å². The van der Waals surface area contributed by atoms with Crippen LogP contribution in [0, 0.1) is 12.3 Å². The summed E-state index contributed by atoms with van der Waals surface area (Å²) in [7, 11) is 0. The number of anilines is 1. The number of carbonyl (C=O) groups is 1. The molecule has 1 aromatic heterocycles. The maximum atomic E-state index is 13.3. The van der Waals surface area contributed by atoms with Gasteiger partial charge in [-0.05, 0) is 38.3 Å². The molecule has 1 aliphatic rings. The summed E-state index contributed by atoms with van der Waals surface area (Å²) >= 11 is 0. The molecule has 0 aromatic carbocycles. The zero-order valence-electron chi connectivity index (χ0n) is 14.0. The van der Waals surface area contributed by atoms with Gasteiger partial charge in [0.1, 0.15) is 5.82 Å². The van der Waals surface area contributed by atoms with E-state index < -0.39 is 11.5 Å². The van der Waals surface area contributed by atoms with Gasteiger partial charge in [0.2, 0.25) is 5.92 Å². The van der Waals surface area contributed by atoms with E-state index in [0.717, 1.165) is 0 Å². The summed E-state index contributed by atoms with van der Waals surface area (Å²) in [5.74, 6) is 0.0759. The highest BCUT2D eigenvalue weighted by atomic mass is 19.3. The van der Waals surface area contributed by atoms with E-state index in [2.05, 4.69) is 21.5 Å². The molecule has 1 saturated carbocycles. The summed E-state index contributed by atoms with van der Waals surface area (Å²) in [6, 6.07) is 3.19. The lowest BCUT2D eigenvalue weighted by atomic mass is 9.92. The normalized spacial score (nSPS) is 19.8. The number of rotatable bonds is 5. The first-order valence-electron chi connectivity index (χ1n) is 8.18. The van der Waals surface area contributed by atoms with Crippen molar-refractivity contribution in [2.24, 2.45) is 0 Å². The Balaban J connectivity index is 2.10. The van der Waals surface area contributed by atoms with E-state index in [1.54, 1.807) is 25.3 Å². The van der Waals surface area contributed by atoms with Crippen LogP contribution < -0.4 is 10.6 Å². The summed E-state index contributed by atoms with van der Waals surface area (Å²) in [5, 5.41) is 5.96. The average molecular weight is 335 g/mol. The number of carbonyl (C=O) groups excluding carboxylic acids is 1. The minimum Gasteiger partial charge on any atom is -0.367 e. The fraction of sp³-hybridized carbons (Fsp3) is 0.556. The molecule has 0 saturated heterocycles. The maximum Gasteiger partial charge on any atom is 0.256 e. The van der Waals surface area contributed by atoms with Crippen LogP contribution in [0.15, 0.2) is 18.3 Å². The Morgan fingerprint density at radius 2 is 2.17 bits per heavy atom. The molecule has 1 heterocycles. The van der Waals surface area contributed by atoms with Crippen LogP contribution in [-0.2, 0) is 0 Å². The topological polar surface area (TPSA) is 54.0 Å². The quantitative estimate of drug-likeness (QED) is 0.809. The largest absolute Gasteiger partial charge is 0.367 e. The summed E-state index contributed by atoms with van der Waals surface area (Å²) in [4.78, 5) is 16.7. The molecule has 0 unspecified atom stereocenters. The molecular formula is C18H23F2N3O. The van der Waals surface area contributed by atoms with Crippen molar-refractivity contribution in [3.05, 3.63) is 23.9 Å². The van der Waals surface area contributed by atoms with Crippen LogP contribution in [0.5, 0.6) is 0 Å². The molecule has 0 radical (unpaired) electrons. The van der Waals surface area contributed by atoms with E-state index in [-0.39, 0.29) is 24.8 Å². The highest BCUT2D eigenvalue weighted by Crippen LogP contribution is 2.34. The molecule has 1 amide bonds. The second-order valence-corrected chi connectivity index (χ2v) is 6.46. The van der Waals surface area contributed by atoms with Crippen molar-refractivity contribution in [3.8, 4) is 12.3 Å². The molecule has 2 rings (SSSR count). The Morgan fingerprint density at radius 1 is 1.50 bits per heavy atom. The number of nitrogens with one attached hydrogen (secondary N) is 2. The minimum absolute atomic E-state index is 0.115. The van der Waals surface area contributed by atoms with Crippen LogP contribution in [0.1, 0.15) is 56.3 Å². The monoisotopic (exact) mass is 335 g/mol. The Hall–Kier alpha value is -2.16. The third-order valence-corrected chi connectivity index (χ3v) is 4.53. The predicted octanol–water partition coefficient (Wildman–Crippen LogP) is 3.60. The number of terminal acetylenes is 1. The summed E-state index contributed by atoms with van der Waals surface area (Å²) in [6.07, 6.45) is 8.05. The number of alkyl halides is 2. The molecule has 1 fully saturated rings. The van der Waals surface area contributed by atoms with Crippen molar-refractivity contribution in [1.82, 2.24) is 10.3 Å². The molecule has 24 heavy (non-hydrogen) atoms. The smallest absolute Gasteiger partial charge is 0.256 e. The number of pyridine rings is 1. The van der Waals surface area contributed by atoms with Gasteiger partial charge in [-0.25, -0.2) is 13.8 Å². The van der Waals surface area contributed by atoms with E-state index in [0.29, 0.717) is 30.6 Å². The van der Waals surface area contributed by atoms with Crippen LogP contribution in [0.4, 0.5) is 14.6 Å². The molecule has 1 aliphatic carbocycles. The molecule has 4 nitrogen and oxygen atoms in total. The summed E-state index contributed by atoms with van der Waals surface area (Å²) in [5.41, 5.74) is -0.373. The zero-order chi connectivity index (χ0) is 17.8. The molecule has 1 atom stereocenters. The van der Waals surface area contributed by atoms with Gasteiger partial charge in [-0.15, -0.1) is 6.42 Å². The molecule has 2 N–H and O–H groups in total. The standard InChI is InChI=1S/C18H23F2N3O/c1-4-17(3,5-2)23-16(24)14-7-6-12-21-15(14)22-13-8-10-18(19,20)11-9-13/h1,6-7,12-13H,5,8-11H2,2-3H3,(H,21,22)(H,23,24)/t17-/m0/s1. The Labute approximate surface area is 141 Å². The van der Waals surface area contributed by atoms with Gasteiger partial charge in [-0.3, -0.25) is 4.79 Å². The first-order chi connectivity index (χ1) is 11.3. The molecule has 0 bridgehead atoms. The van der Waals surface area contributed by atoms with Crippen LogP contribution in [0.25, 0.3) is 0 Å². The molecule has 6 heteroatoms. The first kappa shape index (κ1) is 18.2. The van der Waals surface area contributed by atoms with Crippen LogP contribution in [-0.4, -0.2) is 28.4 Å². The van der Waals surface area contributed by atoms with Crippen molar-refractivity contribution >= 4 is 11.7 Å². The van der Waals surface area contributed by atoms with Gasteiger partial charge in [0, 0.05) is 25.1 Å². The van der Waals surface area contributed by atoms with E-state index in [4.69, 9.17) is 6.42 Å². The molecule has 0 aliphatic heterocycles. The first-order valence-corrected chi connectivity index (χ1v) is 8.18. The van der Waals surface area contributed by atoms with Gasteiger partial charge in [0.15, 0.2) is 0 Å². The van der Waals surface area contributed by atoms with E-state index in [1.165, 1.54) is 0 Å². The van der Waals surface area contributed by atoms with Crippen molar-refractivity contribution in [1.29, 1.82) is 0 Å². The minimum atomic E-state index is -2.59. The molecule has 0 spiro atoms. The lowest BCUT2D eigenvalue weighted by molar-refractivity contribution is -0.0361. The highest BCUT2D eigenvalue weighted by Gasteiger charge is 2.35. The van der Waals surface area contributed by atoms with Crippen LogP contribution >= 0.6 is 0 Å². The second-order valence-electron chi connectivity index (χ2n) is 6.46. The molecule has 130 valence electrons. The van der Waals surface area contributed by atoms with Gasteiger partial charge in [0.25, 0.3) is 5.91 Å². The number of hydrogen-bond acceptors (Lipinski definition) is 3. The highest BCUT2D eigenvalue weighted by molar-refractivity contribution is 5.99. The SMILES string of the molecule is C#C[C@@](C)(CC)NC(=O)c1cccnc1NC1CCC(F)(F)CC1. The number of amides is 1. The Kier molecular flexibility index (Phi) is 5.43. The number of halogens is 2. The van der Waals surface area contributed by atoms with Gasteiger partial charge in [-0.2, -0.15) is 0 Å². The summed E-state index contributed by atoms with van der Waals surface area (Å²) in [6.45, 7) is 3.67. The van der Waals surface area contributed by atoms with Gasteiger partial charge < -0.3 is 10.6 Å². The zero-order valence-corrected chi connectivity index (χ0v) is 14.0. The Morgan fingerprint density at radius 3 is 2.75 bits per heavy atom. The lowest BCUT2D eigenvalue weighted by Crippen LogP contribution is -2.44. The van der Waals surface area contributed by atoms with Crippen LogP contribution in [0.2, 0.25) is 0 Å². The number of hydrogen-bond donors (Lipinski definition) is 2. The van der Waals surface area contributed by atoms with Crippen molar-refractivity contribution in [2.75, 3.05) is 5.32 Å². The van der Waals surface area contributed by atoms with Crippen molar-refractivity contribution in [3.63, 3.8) is 0 Å². The average Bonchev–Trinajstić information content (AvgIpc) is 2.57. The molecular weight excluding hydrogens is 312 g/mol. The second kappa shape index (κ2) is 7.16.